The maximum Gasteiger partial charge on any atom is 0.228 e. The summed E-state index contributed by atoms with van der Waals surface area (Å²) in [6.07, 6.45) is 5.81. The van der Waals surface area contributed by atoms with E-state index in [-0.39, 0.29) is 6.61 Å². The second-order valence-electron chi connectivity index (χ2n) is 6.14. The van der Waals surface area contributed by atoms with E-state index in [1.54, 1.807) is 6.20 Å². The Morgan fingerprint density at radius 1 is 0.964 bits per heavy atom. The topological polar surface area (TPSA) is 43.8 Å². The maximum absolute atomic E-state index is 11.8. The fourth-order valence-electron chi connectivity index (χ4n) is 2.29. The quantitative estimate of drug-likeness (QED) is 0.444. The Labute approximate surface area is 174 Å². The zero-order valence-corrected chi connectivity index (χ0v) is 17.8. The number of nitrogens with zero attached hydrogens (tertiary/aromatic N) is 2. The molecule has 28 heavy (non-hydrogen) atoms. The van der Waals surface area contributed by atoms with Crippen molar-refractivity contribution in [3.05, 3.63) is 52.1 Å². The van der Waals surface area contributed by atoms with E-state index in [1.807, 2.05) is 32.3 Å². The van der Waals surface area contributed by atoms with Gasteiger partial charge in [-0.1, -0.05) is 24.3 Å². The fraction of sp³-hybridized carbons (Fsp3) is 0.381. The normalized spacial score (nSPS) is 11.1. The lowest BCUT2D eigenvalue weighted by Crippen LogP contribution is -2.12. The van der Waals surface area contributed by atoms with Gasteiger partial charge in [0.1, 0.15) is 13.3 Å². The summed E-state index contributed by atoms with van der Waals surface area (Å²) in [5.41, 5.74) is 3.26. The summed E-state index contributed by atoms with van der Waals surface area (Å²) in [6.45, 7) is 1.22. The molecule has 0 radical (unpaired) electrons. The number of pyridine rings is 1. The first kappa shape index (κ1) is 22.3. The molecule has 0 aliphatic rings. The van der Waals surface area contributed by atoms with Crippen LogP contribution in [0, 0.1) is 0 Å². The van der Waals surface area contributed by atoms with E-state index >= 15 is 0 Å². The van der Waals surface area contributed by atoms with Crippen LogP contribution in [0.25, 0.3) is 12.2 Å². The molecule has 1 aromatic carbocycles. The average molecular weight is 453 g/mol. The minimum Gasteiger partial charge on any atom is -0.474 e. The molecule has 0 aliphatic heterocycles. The summed E-state index contributed by atoms with van der Waals surface area (Å²) in [6, 6.07) is 10.3. The number of hydrogen-bond donors (Lipinski definition) is 0. The molecule has 2 rings (SSSR count). The Balaban J connectivity index is 1.78. The SMILES string of the molecule is CN(C)c1ccc(C=Cc2cnc(OCCOCCOCCF)c(Br)c2)cc1. The molecule has 152 valence electrons. The first-order chi connectivity index (χ1) is 13.6. The van der Waals surface area contributed by atoms with Crippen molar-refractivity contribution in [1.82, 2.24) is 4.98 Å². The second-order valence-corrected chi connectivity index (χ2v) is 6.99. The standard InChI is InChI=1S/C21H26BrFN2O3/c1-25(2)19-7-5-17(6-8-19)3-4-18-15-20(22)21(24-16-18)28-14-13-27-12-11-26-10-9-23/h3-8,15-16H,9-14H2,1-2H3. The number of hydrogen-bond acceptors (Lipinski definition) is 5. The zero-order chi connectivity index (χ0) is 20.2. The lowest BCUT2D eigenvalue weighted by Gasteiger charge is -2.11. The third-order valence-corrected chi connectivity index (χ3v) is 4.33. The van der Waals surface area contributed by atoms with Crippen LogP contribution in [0.3, 0.4) is 0 Å². The highest BCUT2D eigenvalue weighted by atomic mass is 79.9. The molecular formula is C21H26BrFN2O3. The summed E-state index contributed by atoms with van der Waals surface area (Å²) in [5.74, 6) is 0.518. The average Bonchev–Trinajstić information content (AvgIpc) is 2.70. The zero-order valence-electron chi connectivity index (χ0n) is 16.2. The van der Waals surface area contributed by atoms with E-state index in [2.05, 4.69) is 50.1 Å². The van der Waals surface area contributed by atoms with E-state index in [1.165, 1.54) is 5.69 Å². The molecule has 0 aliphatic carbocycles. The third-order valence-electron chi connectivity index (χ3n) is 3.77. The van der Waals surface area contributed by atoms with Crippen molar-refractivity contribution in [3.8, 4) is 5.88 Å². The fourth-order valence-corrected chi connectivity index (χ4v) is 2.77. The molecule has 0 amide bonds. The molecule has 2 aromatic rings. The van der Waals surface area contributed by atoms with Crippen LogP contribution in [0.4, 0.5) is 10.1 Å². The van der Waals surface area contributed by atoms with Gasteiger partial charge in [-0.25, -0.2) is 9.37 Å². The number of rotatable bonds is 12. The summed E-state index contributed by atoms with van der Waals surface area (Å²) >= 11 is 3.49. The lowest BCUT2D eigenvalue weighted by molar-refractivity contribution is 0.0319. The molecule has 1 heterocycles. The van der Waals surface area contributed by atoms with Gasteiger partial charge in [0.05, 0.1) is 30.9 Å². The molecule has 0 fully saturated rings. The number of anilines is 1. The van der Waals surface area contributed by atoms with Gasteiger partial charge in [-0.15, -0.1) is 0 Å². The predicted octanol–water partition coefficient (Wildman–Crippen LogP) is 4.46. The van der Waals surface area contributed by atoms with Crippen LogP contribution in [0.5, 0.6) is 5.88 Å². The van der Waals surface area contributed by atoms with Gasteiger partial charge in [0.15, 0.2) is 0 Å². The highest BCUT2D eigenvalue weighted by Crippen LogP contribution is 2.24. The Kier molecular flexibility index (Phi) is 9.96. The van der Waals surface area contributed by atoms with Gasteiger partial charge in [-0.3, -0.25) is 0 Å². The van der Waals surface area contributed by atoms with Gasteiger partial charge in [0, 0.05) is 26.0 Å². The highest BCUT2D eigenvalue weighted by Gasteiger charge is 2.03. The number of aromatic nitrogens is 1. The Bertz CT molecular complexity index is 739. The minimum absolute atomic E-state index is 0.110. The lowest BCUT2D eigenvalue weighted by atomic mass is 10.1. The summed E-state index contributed by atoms with van der Waals surface area (Å²) < 4.78 is 28.6. The van der Waals surface area contributed by atoms with Crippen LogP contribution in [0.2, 0.25) is 0 Å². The largest absolute Gasteiger partial charge is 0.474 e. The minimum atomic E-state index is -0.475. The van der Waals surface area contributed by atoms with E-state index in [0.29, 0.717) is 32.3 Å². The molecule has 0 spiro atoms. The van der Waals surface area contributed by atoms with Crippen molar-refractivity contribution in [2.24, 2.45) is 0 Å². The second kappa shape index (κ2) is 12.5. The molecule has 7 heteroatoms. The number of benzene rings is 1. The maximum atomic E-state index is 11.8. The van der Waals surface area contributed by atoms with Crippen molar-refractivity contribution >= 4 is 33.8 Å². The monoisotopic (exact) mass is 452 g/mol. The van der Waals surface area contributed by atoms with Gasteiger partial charge in [-0.05, 0) is 45.3 Å². The van der Waals surface area contributed by atoms with Gasteiger partial charge in [-0.2, -0.15) is 0 Å². The summed E-state index contributed by atoms with van der Waals surface area (Å²) in [7, 11) is 4.04. The smallest absolute Gasteiger partial charge is 0.228 e. The number of alkyl halides is 1. The van der Waals surface area contributed by atoms with E-state index in [4.69, 9.17) is 14.2 Å². The van der Waals surface area contributed by atoms with Crippen molar-refractivity contribution in [3.63, 3.8) is 0 Å². The van der Waals surface area contributed by atoms with Crippen molar-refractivity contribution in [2.45, 2.75) is 0 Å². The molecule has 0 atom stereocenters. The molecule has 0 N–H and O–H groups in total. The van der Waals surface area contributed by atoms with Gasteiger partial charge in [0.25, 0.3) is 0 Å². The molecule has 1 aromatic heterocycles. The van der Waals surface area contributed by atoms with Gasteiger partial charge < -0.3 is 19.1 Å². The van der Waals surface area contributed by atoms with Crippen LogP contribution in [-0.2, 0) is 9.47 Å². The molecule has 5 nitrogen and oxygen atoms in total. The van der Waals surface area contributed by atoms with Gasteiger partial charge in [0.2, 0.25) is 5.88 Å². The number of halogens is 2. The van der Waals surface area contributed by atoms with Crippen LogP contribution < -0.4 is 9.64 Å². The van der Waals surface area contributed by atoms with Crippen molar-refractivity contribution < 1.29 is 18.6 Å². The number of ether oxygens (including phenoxy) is 3. The van der Waals surface area contributed by atoms with Crippen molar-refractivity contribution in [1.29, 1.82) is 0 Å². The summed E-state index contributed by atoms with van der Waals surface area (Å²) in [5, 5.41) is 0. The Morgan fingerprint density at radius 2 is 1.61 bits per heavy atom. The third kappa shape index (κ3) is 7.96. The Hall–Kier alpha value is -1.96. The van der Waals surface area contributed by atoms with Crippen LogP contribution in [0.1, 0.15) is 11.1 Å². The first-order valence-corrected chi connectivity index (χ1v) is 9.84. The van der Waals surface area contributed by atoms with Crippen LogP contribution >= 0.6 is 15.9 Å². The van der Waals surface area contributed by atoms with E-state index in [0.717, 1.165) is 15.6 Å². The molecule has 0 saturated carbocycles. The van der Waals surface area contributed by atoms with Crippen LogP contribution in [-0.4, -0.2) is 58.8 Å². The summed E-state index contributed by atoms with van der Waals surface area (Å²) in [4.78, 5) is 6.41. The van der Waals surface area contributed by atoms with E-state index < -0.39 is 6.67 Å². The highest BCUT2D eigenvalue weighted by molar-refractivity contribution is 9.10. The first-order valence-electron chi connectivity index (χ1n) is 9.05. The predicted molar refractivity (Wildman–Crippen MR) is 115 cm³/mol. The van der Waals surface area contributed by atoms with Gasteiger partial charge >= 0.3 is 0 Å². The molecule has 0 bridgehead atoms. The molecule has 0 unspecified atom stereocenters. The molecule has 0 saturated heterocycles. The Morgan fingerprint density at radius 3 is 2.25 bits per heavy atom. The molecular weight excluding hydrogens is 427 g/mol. The van der Waals surface area contributed by atoms with Crippen molar-refractivity contribution in [2.75, 3.05) is 58.7 Å². The van der Waals surface area contributed by atoms with Crippen LogP contribution in [0.15, 0.2) is 41.0 Å². The van der Waals surface area contributed by atoms with E-state index in [9.17, 15) is 4.39 Å².